The maximum Gasteiger partial charge on any atom is 0.326 e. The highest BCUT2D eigenvalue weighted by Gasteiger charge is 2.19. The summed E-state index contributed by atoms with van der Waals surface area (Å²) in [7, 11) is 0. The molecule has 0 heterocycles. The SMILES string of the molecule is CCCCCCC/C=C\C/C=C\C/C=C\CCCCCCCCCCC(=O)OC(/C=C\CCCCCCCCC)CCCCCCC(=O)NC(CCCN)C(=O)O. The minimum Gasteiger partial charge on any atom is -0.480 e. The number of carboxylic acid groups (broad SMARTS) is 1. The van der Waals surface area contributed by atoms with Gasteiger partial charge in [0, 0.05) is 12.8 Å². The molecule has 0 aliphatic carbocycles. The number of nitrogens with one attached hydrogen (secondary N) is 1. The molecule has 2 unspecified atom stereocenters. The molecule has 330 valence electrons. The first-order valence-electron chi connectivity index (χ1n) is 24.0. The number of ether oxygens (including phenoxy) is 1. The molecule has 0 bridgehead atoms. The van der Waals surface area contributed by atoms with E-state index in [1.165, 1.54) is 128 Å². The molecule has 0 saturated heterocycles. The Morgan fingerprint density at radius 2 is 0.965 bits per heavy atom. The fraction of sp³-hybridized carbons (Fsp3) is 0.780. The summed E-state index contributed by atoms with van der Waals surface area (Å²) in [6.07, 6.45) is 54.6. The average molecular weight is 799 g/mol. The Morgan fingerprint density at radius 3 is 1.47 bits per heavy atom. The summed E-state index contributed by atoms with van der Waals surface area (Å²) in [6.45, 7) is 4.92. The molecule has 7 heteroatoms. The maximum atomic E-state index is 12.8. The lowest BCUT2D eigenvalue weighted by Gasteiger charge is -2.15. The number of nitrogens with two attached hydrogens (primary N) is 1. The maximum absolute atomic E-state index is 12.8. The first-order chi connectivity index (χ1) is 27.9. The Morgan fingerprint density at radius 1 is 0.526 bits per heavy atom. The van der Waals surface area contributed by atoms with E-state index in [0.717, 1.165) is 57.8 Å². The minimum absolute atomic E-state index is 0.0938. The van der Waals surface area contributed by atoms with Crippen LogP contribution in [0.3, 0.4) is 0 Å². The van der Waals surface area contributed by atoms with Crippen LogP contribution in [0.1, 0.15) is 232 Å². The molecule has 0 fully saturated rings. The number of rotatable bonds is 43. The largest absolute Gasteiger partial charge is 0.480 e. The Balaban J connectivity index is 4.19. The first kappa shape index (κ1) is 54.3. The molecule has 0 aromatic carbocycles. The number of hydrogen-bond donors (Lipinski definition) is 3. The number of esters is 1. The molecule has 0 aromatic heterocycles. The van der Waals surface area contributed by atoms with Gasteiger partial charge < -0.3 is 20.9 Å². The van der Waals surface area contributed by atoms with Gasteiger partial charge in [0.25, 0.3) is 0 Å². The van der Waals surface area contributed by atoms with Gasteiger partial charge in [-0.3, -0.25) is 9.59 Å². The molecule has 0 aliphatic heterocycles. The first-order valence-corrected chi connectivity index (χ1v) is 24.0. The third-order valence-electron chi connectivity index (χ3n) is 10.6. The Kier molecular flexibility index (Phi) is 42.4. The van der Waals surface area contributed by atoms with Gasteiger partial charge in [-0.1, -0.05) is 172 Å². The lowest BCUT2D eigenvalue weighted by Crippen LogP contribution is -2.40. The van der Waals surface area contributed by atoms with Crippen molar-refractivity contribution in [1.29, 1.82) is 0 Å². The normalized spacial score (nSPS) is 13.0. The van der Waals surface area contributed by atoms with Crippen LogP contribution >= 0.6 is 0 Å². The van der Waals surface area contributed by atoms with Crippen LogP contribution in [0.2, 0.25) is 0 Å². The van der Waals surface area contributed by atoms with E-state index >= 15 is 0 Å². The van der Waals surface area contributed by atoms with Gasteiger partial charge in [0.2, 0.25) is 5.91 Å². The Hall–Kier alpha value is -2.67. The van der Waals surface area contributed by atoms with Crippen molar-refractivity contribution < 1.29 is 24.2 Å². The number of carboxylic acids is 1. The number of carbonyl (C=O) groups is 3. The molecule has 0 aliphatic rings. The van der Waals surface area contributed by atoms with Crippen molar-refractivity contribution in [2.24, 2.45) is 5.73 Å². The van der Waals surface area contributed by atoms with Crippen molar-refractivity contribution in [2.45, 2.75) is 244 Å². The van der Waals surface area contributed by atoms with E-state index in [-0.39, 0.29) is 18.0 Å². The van der Waals surface area contributed by atoms with Crippen LogP contribution in [0.4, 0.5) is 0 Å². The van der Waals surface area contributed by atoms with E-state index in [2.05, 4.69) is 67.8 Å². The van der Waals surface area contributed by atoms with Crippen LogP contribution in [-0.4, -0.2) is 41.6 Å². The Bertz CT molecular complexity index is 1040. The number of hydrogen-bond acceptors (Lipinski definition) is 5. The van der Waals surface area contributed by atoms with Crippen molar-refractivity contribution >= 4 is 17.8 Å². The fourth-order valence-electron chi connectivity index (χ4n) is 6.96. The Labute approximate surface area is 351 Å². The predicted octanol–water partition coefficient (Wildman–Crippen LogP) is 14.0. The van der Waals surface area contributed by atoms with Gasteiger partial charge >= 0.3 is 11.9 Å². The lowest BCUT2D eigenvalue weighted by atomic mass is 10.1. The van der Waals surface area contributed by atoms with Crippen molar-refractivity contribution in [1.82, 2.24) is 5.32 Å². The summed E-state index contributed by atoms with van der Waals surface area (Å²) in [6, 6.07) is -0.872. The summed E-state index contributed by atoms with van der Waals surface area (Å²) < 4.78 is 5.95. The molecule has 0 spiro atoms. The highest BCUT2D eigenvalue weighted by Crippen LogP contribution is 2.16. The molecular formula is C50H90N2O5. The molecule has 1 amide bonds. The van der Waals surface area contributed by atoms with Gasteiger partial charge in [-0.25, -0.2) is 4.79 Å². The van der Waals surface area contributed by atoms with Crippen LogP contribution in [0.15, 0.2) is 48.6 Å². The second-order valence-corrected chi connectivity index (χ2v) is 16.2. The van der Waals surface area contributed by atoms with Crippen molar-refractivity contribution in [3.8, 4) is 0 Å². The monoisotopic (exact) mass is 799 g/mol. The second kappa shape index (κ2) is 44.4. The molecule has 0 radical (unpaired) electrons. The van der Waals surface area contributed by atoms with Gasteiger partial charge in [0.15, 0.2) is 0 Å². The quantitative estimate of drug-likeness (QED) is 0.0321. The van der Waals surface area contributed by atoms with Crippen LogP contribution in [0.25, 0.3) is 0 Å². The van der Waals surface area contributed by atoms with E-state index < -0.39 is 12.0 Å². The van der Waals surface area contributed by atoms with Gasteiger partial charge in [0.05, 0.1) is 0 Å². The molecule has 57 heavy (non-hydrogen) atoms. The van der Waals surface area contributed by atoms with Crippen LogP contribution in [-0.2, 0) is 19.1 Å². The molecule has 2 atom stereocenters. The topological polar surface area (TPSA) is 119 Å². The molecule has 4 N–H and O–H groups in total. The van der Waals surface area contributed by atoms with E-state index in [9.17, 15) is 19.5 Å². The van der Waals surface area contributed by atoms with Crippen LogP contribution in [0.5, 0.6) is 0 Å². The third kappa shape index (κ3) is 41.3. The molecule has 0 saturated carbocycles. The number of carbonyl (C=O) groups excluding carboxylic acids is 2. The molecule has 0 rings (SSSR count). The van der Waals surface area contributed by atoms with Crippen LogP contribution < -0.4 is 11.1 Å². The number of allylic oxidation sites excluding steroid dienone is 7. The zero-order chi connectivity index (χ0) is 41.7. The summed E-state index contributed by atoms with van der Waals surface area (Å²) in [5.74, 6) is -1.33. The zero-order valence-electron chi connectivity index (χ0n) is 37.2. The van der Waals surface area contributed by atoms with Gasteiger partial charge in [0.1, 0.15) is 12.1 Å². The van der Waals surface area contributed by atoms with E-state index in [1.54, 1.807) is 0 Å². The average Bonchev–Trinajstić information content (AvgIpc) is 3.20. The summed E-state index contributed by atoms with van der Waals surface area (Å²) in [5.41, 5.74) is 5.49. The molecule has 0 aromatic rings. The molecule has 7 nitrogen and oxygen atoms in total. The van der Waals surface area contributed by atoms with Gasteiger partial charge in [-0.2, -0.15) is 0 Å². The van der Waals surface area contributed by atoms with E-state index in [4.69, 9.17) is 10.5 Å². The highest BCUT2D eigenvalue weighted by molar-refractivity contribution is 5.83. The number of unbranched alkanes of at least 4 members (excludes halogenated alkanes) is 23. The van der Waals surface area contributed by atoms with E-state index in [1.807, 2.05) is 0 Å². The third-order valence-corrected chi connectivity index (χ3v) is 10.6. The fourth-order valence-corrected chi connectivity index (χ4v) is 6.96. The standard InChI is InChI=1S/C50H90N2O5/c1-3-5-7-9-11-13-14-15-16-17-18-19-20-21-22-23-24-25-26-28-30-32-38-44-49(54)57-46(40-35-31-29-27-12-10-8-6-4-2)41-36-33-34-37-43-48(53)52-47(50(55)56)42-39-45-51/h14-15,17-18,20-21,35,40,46-47H,3-13,16,19,22-34,36-39,41-45,51H2,1-2H3,(H,52,53)(H,55,56)/b15-14-,18-17-,21-20-,40-35-. The summed E-state index contributed by atoms with van der Waals surface area (Å²) in [4.78, 5) is 36.4. The van der Waals surface area contributed by atoms with Crippen molar-refractivity contribution in [2.75, 3.05) is 6.54 Å². The van der Waals surface area contributed by atoms with Gasteiger partial charge in [-0.05, 0) is 103 Å². The highest BCUT2D eigenvalue weighted by atomic mass is 16.5. The van der Waals surface area contributed by atoms with Crippen LogP contribution in [0, 0.1) is 0 Å². The minimum atomic E-state index is -1.01. The summed E-state index contributed by atoms with van der Waals surface area (Å²) >= 11 is 0. The second-order valence-electron chi connectivity index (χ2n) is 16.2. The number of amides is 1. The summed E-state index contributed by atoms with van der Waals surface area (Å²) in [5, 5.41) is 11.9. The zero-order valence-corrected chi connectivity index (χ0v) is 37.2. The van der Waals surface area contributed by atoms with Crippen molar-refractivity contribution in [3.05, 3.63) is 48.6 Å². The lowest BCUT2D eigenvalue weighted by molar-refractivity contribution is -0.147. The van der Waals surface area contributed by atoms with Crippen molar-refractivity contribution in [3.63, 3.8) is 0 Å². The van der Waals surface area contributed by atoms with Gasteiger partial charge in [-0.15, -0.1) is 0 Å². The smallest absolute Gasteiger partial charge is 0.326 e. The van der Waals surface area contributed by atoms with E-state index in [0.29, 0.717) is 38.6 Å². The predicted molar refractivity (Wildman–Crippen MR) is 243 cm³/mol. The molecular weight excluding hydrogens is 709 g/mol. The number of aliphatic carboxylic acids is 1.